The minimum atomic E-state index is -0.499. The lowest BCUT2D eigenvalue weighted by atomic mass is 10.1. The normalized spacial score (nSPS) is 20.1. The monoisotopic (exact) mass is 223 g/mol. The van der Waals surface area contributed by atoms with E-state index in [1.165, 1.54) is 12.8 Å². The first kappa shape index (κ1) is 13.0. The van der Waals surface area contributed by atoms with Crippen LogP contribution in [0.2, 0.25) is 0 Å². The quantitative estimate of drug-likeness (QED) is 0.760. The minimum Gasteiger partial charge on any atom is -0.351 e. The molecule has 90 valence electrons. The van der Waals surface area contributed by atoms with Crippen molar-refractivity contribution in [3.05, 3.63) is 0 Å². The van der Waals surface area contributed by atoms with Crippen molar-refractivity contribution in [3.63, 3.8) is 0 Å². The molecule has 1 fully saturated rings. The van der Waals surface area contributed by atoms with E-state index < -0.39 is 5.92 Å². The van der Waals surface area contributed by atoms with Gasteiger partial charge in [0.1, 0.15) is 5.92 Å². The molecule has 2 atom stereocenters. The smallest absolute Gasteiger partial charge is 0.237 e. The molecule has 4 nitrogen and oxygen atoms in total. The number of nitriles is 1. The Morgan fingerprint density at radius 3 is 2.62 bits per heavy atom. The Kier molecular flexibility index (Phi) is 5.27. The van der Waals surface area contributed by atoms with Crippen molar-refractivity contribution in [1.29, 1.82) is 5.26 Å². The standard InChI is InChI=1S/C12H21N3O/c1-3-11(8-13)12(16)14-10(2)9-15-6-4-5-7-15/h10-11H,3-7,9H2,1-2H3,(H,14,16). The summed E-state index contributed by atoms with van der Waals surface area (Å²) in [6.07, 6.45) is 3.10. The van der Waals surface area contributed by atoms with Crippen LogP contribution >= 0.6 is 0 Å². The molecular formula is C12H21N3O. The van der Waals surface area contributed by atoms with E-state index in [0.29, 0.717) is 6.42 Å². The molecule has 1 rings (SSSR count). The number of likely N-dealkylation sites (tertiary alicyclic amines) is 1. The summed E-state index contributed by atoms with van der Waals surface area (Å²) in [6.45, 7) is 7.03. The van der Waals surface area contributed by atoms with E-state index in [-0.39, 0.29) is 11.9 Å². The fourth-order valence-electron chi connectivity index (χ4n) is 2.08. The van der Waals surface area contributed by atoms with Gasteiger partial charge in [0.2, 0.25) is 5.91 Å². The lowest BCUT2D eigenvalue weighted by Gasteiger charge is -2.21. The summed E-state index contributed by atoms with van der Waals surface area (Å²) in [5.41, 5.74) is 0. The fourth-order valence-corrected chi connectivity index (χ4v) is 2.08. The molecule has 1 amide bonds. The first-order valence-corrected chi connectivity index (χ1v) is 6.09. The van der Waals surface area contributed by atoms with Gasteiger partial charge in [-0.15, -0.1) is 0 Å². The third kappa shape index (κ3) is 3.82. The maximum absolute atomic E-state index is 11.6. The number of hydrogen-bond acceptors (Lipinski definition) is 3. The molecule has 0 radical (unpaired) electrons. The maximum atomic E-state index is 11.6. The largest absolute Gasteiger partial charge is 0.351 e. The summed E-state index contributed by atoms with van der Waals surface area (Å²) in [7, 11) is 0. The van der Waals surface area contributed by atoms with E-state index in [9.17, 15) is 4.79 Å². The van der Waals surface area contributed by atoms with Crippen molar-refractivity contribution in [2.24, 2.45) is 5.92 Å². The Bertz CT molecular complexity index is 266. The first-order valence-electron chi connectivity index (χ1n) is 6.09. The fraction of sp³-hybridized carbons (Fsp3) is 0.833. The maximum Gasteiger partial charge on any atom is 0.237 e. The number of hydrogen-bond donors (Lipinski definition) is 1. The van der Waals surface area contributed by atoms with E-state index in [1.807, 2.05) is 19.9 Å². The topological polar surface area (TPSA) is 56.1 Å². The van der Waals surface area contributed by atoms with Gasteiger partial charge in [-0.2, -0.15) is 5.26 Å². The van der Waals surface area contributed by atoms with Gasteiger partial charge < -0.3 is 10.2 Å². The molecular weight excluding hydrogens is 202 g/mol. The number of nitrogens with zero attached hydrogens (tertiary/aromatic N) is 2. The number of rotatable bonds is 5. The molecule has 0 aliphatic carbocycles. The summed E-state index contributed by atoms with van der Waals surface area (Å²) in [5, 5.41) is 11.7. The van der Waals surface area contributed by atoms with Crippen LogP contribution < -0.4 is 5.32 Å². The molecule has 1 aliphatic rings. The summed E-state index contributed by atoms with van der Waals surface area (Å²) < 4.78 is 0. The van der Waals surface area contributed by atoms with Crippen LogP contribution in [0, 0.1) is 17.2 Å². The molecule has 1 N–H and O–H groups in total. The summed E-state index contributed by atoms with van der Waals surface area (Å²) >= 11 is 0. The number of carbonyl (C=O) groups is 1. The van der Waals surface area contributed by atoms with Crippen molar-refractivity contribution in [2.75, 3.05) is 19.6 Å². The molecule has 1 aliphatic heterocycles. The van der Waals surface area contributed by atoms with Crippen molar-refractivity contribution in [1.82, 2.24) is 10.2 Å². The molecule has 0 aromatic carbocycles. The summed E-state index contributed by atoms with van der Waals surface area (Å²) in [5.74, 6) is -0.627. The van der Waals surface area contributed by atoms with Crippen LogP contribution in [0.5, 0.6) is 0 Å². The van der Waals surface area contributed by atoms with Crippen LogP contribution in [0.4, 0.5) is 0 Å². The van der Waals surface area contributed by atoms with Crippen molar-refractivity contribution in [3.8, 4) is 6.07 Å². The molecule has 4 heteroatoms. The Balaban J connectivity index is 2.30. The minimum absolute atomic E-state index is 0.128. The third-order valence-corrected chi connectivity index (χ3v) is 3.00. The molecule has 1 saturated heterocycles. The van der Waals surface area contributed by atoms with Gasteiger partial charge in [-0.25, -0.2) is 0 Å². The first-order chi connectivity index (χ1) is 7.67. The predicted octanol–water partition coefficient (Wildman–Crippen LogP) is 1.14. The van der Waals surface area contributed by atoms with Gasteiger partial charge in [0, 0.05) is 12.6 Å². The summed E-state index contributed by atoms with van der Waals surface area (Å²) in [6, 6.07) is 2.16. The zero-order valence-corrected chi connectivity index (χ0v) is 10.2. The highest BCUT2D eigenvalue weighted by molar-refractivity contribution is 5.81. The Morgan fingerprint density at radius 1 is 1.50 bits per heavy atom. The second kappa shape index (κ2) is 6.49. The van der Waals surface area contributed by atoms with Crippen LogP contribution in [0.1, 0.15) is 33.1 Å². The number of carbonyl (C=O) groups excluding carboxylic acids is 1. The van der Waals surface area contributed by atoms with Crippen LogP contribution in [-0.2, 0) is 4.79 Å². The molecule has 0 aromatic heterocycles. The van der Waals surface area contributed by atoms with E-state index >= 15 is 0 Å². The van der Waals surface area contributed by atoms with E-state index in [1.54, 1.807) is 0 Å². The number of nitrogens with one attached hydrogen (secondary N) is 1. The van der Waals surface area contributed by atoms with Gasteiger partial charge in [0.15, 0.2) is 0 Å². The highest BCUT2D eigenvalue weighted by Gasteiger charge is 2.19. The van der Waals surface area contributed by atoms with Gasteiger partial charge >= 0.3 is 0 Å². The number of amides is 1. The second-order valence-electron chi connectivity index (χ2n) is 4.51. The second-order valence-corrected chi connectivity index (χ2v) is 4.51. The van der Waals surface area contributed by atoms with Gasteiger partial charge in [0.05, 0.1) is 6.07 Å². The van der Waals surface area contributed by atoms with Crippen LogP contribution in [0.15, 0.2) is 0 Å². The van der Waals surface area contributed by atoms with Gasteiger partial charge in [-0.05, 0) is 39.3 Å². The van der Waals surface area contributed by atoms with Crippen molar-refractivity contribution < 1.29 is 4.79 Å². The average molecular weight is 223 g/mol. The van der Waals surface area contributed by atoms with Crippen molar-refractivity contribution >= 4 is 5.91 Å². The molecule has 1 heterocycles. The van der Waals surface area contributed by atoms with E-state index in [4.69, 9.17) is 5.26 Å². The highest BCUT2D eigenvalue weighted by atomic mass is 16.1. The van der Waals surface area contributed by atoms with Crippen LogP contribution in [0.3, 0.4) is 0 Å². The highest BCUT2D eigenvalue weighted by Crippen LogP contribution is 2.08. The molecule has 16 heavy (non-hydrogen) atoms. The average Bonchev–Trinajstić information content (AvgIpc) is 2.71. The Hall–Kier alpha value is -1.08. The van der Waals surface area contributed by atoms with Crippen LogP contribution in [-0.4, -0.2) is 36.5 Å². The van der Waals surface area contributed by atoms with Gasteiger partial charge in [0.25, 0.3) is 0 Å². The van der Waals surface area contributed by atoms with Gasteiger partial charge in [-0.3, -0.25) is 4.79 Å². The Morgan fingerprint density at radius 2 is 2.12 bits per heavy atom. The van der Waals surface area contributed by atoms with E-state index in [0.717, 1.165) is 19.6 Å². The molecule has 2 unspecified atom stereocenters. The van der Waals surface area contributed by atoms with Crippen molar-refractivity contribution in [2.45, 2.75) is 39.2 Å². The molecule has 0 bridgehead atoms. The lowest BCUT2D eigenvalue weighted by molar-refractivity contribution is -0.124. The molecule has 0 spiro atoms. The summed E-state index contributed by atoms with van der Waals surface area (Å²) in [4.78, 5) is 14.0. The third-order valence-electron chi connectivity index (χ3n) is 3.00. The Labute approximate surface area is 97.6 Å². The van der Waals surface area contributed by atoms with Gasteiger partial charge in [-0.1, -0.05) is 6.92 Å². The predicted molar refractivity (Wildman–Crippen MR) is 62.7 cm³/mol. The lowest BCUT2D eigenvalue weighted by Crippen LogP contribution is -2.43. The van der Waals surface area contributed by atoms with Crippen LogP contribution in [0.25, 0.3) is 0 Å². The SMILES string of the molecule is CCC(C#N)C(=O)NC(C)CN1CCCC1. The molecule has 0 aromatic rings. The molecule has 0 saturated carbocycles. The van der Waals surface area contributed by atoms with E-state index in [2.05, 4.69) is 10.2 Å². The zero-order chi connectivity index (χ0) is 12.0. The zero-order valence-electron chi connectivity index (χ0n) is 10.2.